The molecule has 1 aromatic carbocycles. The predicted molar refractivity (Wildman–Crippen MR) is 118 cm³/mol. The van der Waals surface area contributed by atoms with Gasteiger partial charge in [0.1, 0.15) is 11.4 Å². The number of carboxylic acids is 1. The fourth-order valence-electron chi connectivity index (χ4n) is 3.54. The third-order valence-electron chi connectivity index (χ3n) is 5.20. The van der Waals surface area contributed by atoms with Crippen molar-refractivity contribution in [1.82, 2.24) is 9.55 Å². The highest BCUT2D eigenvalue weighted by Crippen LogP contribution is 2.40. The highest BCUT2D eigenvalue weighted by atomic mass is 35.5. The Labute approximate surface area is 193 Å². The van der Waals surface area contributed by atoms with Gasteiger partial charge in [-0.15, -0.1) is 0 Å². The summed E-state index contributed by atoms with van der Waals surface area (Å²) in [6, 6.07) is 1.25. The molecule has 0 bridgehead atoms. The number of halogens is 5. The summed E-state index contributed by atoms with van der Waals surface area (Å²) in [5.41, 5.74) is 9.50. The van der Waals surface area contributed by atoms with Crippen molar-refractivity contribution in [1.29, 1.82) is 0 Å². The lowest BCUT2D eigenvalue weighted by atomic mass is 10.0. The second kappa shape index (κ2) is 8.25. The second-order valence-electron chi connectivity index (χ2n) is 7.19. The minimum atomic E-state index is -1.65. The number of pyridine rings is 2. The molecule has 3 aromatic rings. The number of hydrogen-bond donors (Lipinski definition) is 3. The van der Waals surface area contributed by atoms with Gasteiger partial charge in [0, 0.05) is 36.9 Å². The molecule has 3 heterocycles. The first kappa shape index (κ1) is 22.9. The molecular formula is C20H14Cl2F3N5O3. The number of aromatic nitrogens is 2. The molecule has 13 heteroatoms. The standard InChI is InChI=1S/C20H14Cl2F3N5O3/c21-10(3-26)7-4-29(5-7)16-11(23)1-8-15(14(16)22)30(6-9(17(8)31)20(32)33)19-13(25)2-12(24)18(27)28-19/h1-2,6H,3-5,26H2,(H2,27,28)(H,32,33). The number of carboxylic acid groups (broad SMARTS) is 1. The van der Waals surface area contributed by atoms with Crippen molar-refractivity contribution in [3.05, 3.63) is 67.2 Å². The van der Waals surface area contributed by atoms with E-state index in [2.05, 4.69) is 4.98 Å². The molecule has 0 radical (unpaired) electrons. The summed E-state index contributed by atoms with van der Waals surface area (Å²) in [6.45, 7) is 0.505. The van der Waals surface area contributed by atoms with Crippen LogP contribution in [-0.2, 0) is 0 Å². The van der Waals surface area contributed by atoms with Crippen LogP contribution < -0.4 is 21.8 Å². The average molecular weight is 500 g/mol. The Morgan fingerprint density at radius 3 is 2.45 bits per heavy atom. The molecule has 0 saturated carbocycles. The molecule has 0 atom stereocenters. The zero-order valence-electron chi connectivity index (χ0n) is 16.5. The minimum Gasteiger partial charge on any atom is -0.477 e. The molecule has 2 aromatic heterocycles. The van der Waals surface area contributed by atoms with Crippen molar-refractivity contribution in [2.75, 3.05) is 30.3 Å². The van der Waals surface area contributed by atoms with Gasteiger partial charge in [-0.25, -0.2) is 22.9 Å². The predicted octanol–water partition coefficient (Wildman–Crippen LogP) is 3.01. The first-order valence-electron chi connectivity index (χ1n) is 9.29. The lowest BCUT2D eigenvalue weighted by molar-refractivity contribution is 0.0695. The van der Waals surface area contributed by atoms with Crippen LogP contribution in [0, 0.1) is 17.5 Å². The van der Waals surface area contributed by atoms with E-state index in [9.17, 15) is 23.5 Å². The van der Waals surface area contributed by atoms with Crippen LogP contribution in [0.25, 0.3) is 16.7 Å². The van der Waals surface area contributed by atoms with Gasteiger partial charge in [0.15, 0.2) is 23.3 Å². The van der Waals surface area contributed by atoms with Gasteiger partial charge in [0.2, 0.25) is 5.43 Å². The fraction of sp³-hybridized carbons (Fsp3) is 0.150. The van der Waals surface area contributed by atoms with Crippen molar-refractivity contribution in [3.63, 3.8) is 0 Å². The van der Waals surface area contributed by atoms with Crippen LogP contribution in [0.1, 0.15) is 10.4 Å². The van der Waals surface area contributed by atoms with E-state index in [0.717, 1.165) is 22.4 Å². The molecule has 33 heavy (non-hydrogen) atoms. The molecule has 5 N–H and O–H groups in total. The maximum absolute atomic E-state index is 15.1. The van der Waals surface area contributed by atoms with Crippen LogP contribution in [0.15, 0.2) is 33.7 Å². The van der Waals surface area contributed by atoms with Gasteiger partial charge in [-0.1, -0.05) is 23.2 Å². The zero-order chi connectivity index (χ0) is 24.2. The van der Waals surface area contributed by atoms with Gasteiger partial charge in [0.05, 0.1) is 21.6 Å². The molecule has 1 aliphatic rings. The number of fused-ring (bicyclic) bond motifs is 1. The number of nitrogens with two attached hydrogens (primary N) is 2. The van der Waals surface area contributed by atoms with Crippen molar-refractivity contribution in [2.45, 2.75) is 0 Å². The van der Waals surface area contributed by atoms with Gasteiger partial charge < -0.3 is 21.5 Å². The Bertz CT molecular complexity index is 1430. The lowest BCUT2D eigenvalue weighted by Gasteiger charge is -2.37. The number of nitrogen functional groups attached to an aromatic ring is 1. The van der Waals surface area contributed by atoms with Crippen molar-refractivity contribution in [2.24, 2.45) is 5.73 Å². The van der Waals surface area contributed by atoms with Crippen LogP contribution in [0.3, 0.4) is 0 Å². The molecule has 1 aliphatic heterocycles. The number of hydrogen-bond acceptors (Lipinski definition) is 6. The SMILES string of the molecule is NCC(Cl)=C1CN(c2c(F)cc3c(=O)c(C(=O)O)cn(-c4nc(N)c(F)cc4F)c3c2Cl)C1. The summed E-state index contributed by atoms with van der Waals surface area (Å²) in [7, 11) is 0. The smallest absolute Gasteiger partial charge is 0.341 e. The number of nitrogens with zero attached hydrogens (tertiary/aromatic N) is 3. The number of rotatable bonds is 4. The Kier molecular flexibility index (Phi) is 5.72. The quantitative estimate of drug-likeness (QED) is 0.503. The van der Waals surface area contributed by atoms with Crippen molar-refractivity contribution < 1.29 is 23.1 Å². The molecule has 4 rings (SSSR count). The van der Waals surface area contributed by atoms with E-state index in [-0.39, 0.29) is 35.9 Å². The third kappa shape index (κ3) is 3.67. The summed E-state index contributed by atoms with van der Waals surface area (Å²) in [4.78, 5) is 29.5. The molecule has 8 nitrogen and oxygen atoms in total. The maximum atomic E-state index is 15.1. The van der Waals surface area contributed by atoms with Gasteiger partial charge in [-0.2, -0.15) is 0 Å². The van der Waals surface area contributed by atoms with Crippen molar-refractivity contribution in [3.8, 4) is 5.82 Å². The van der Waals surface area contributed by atoms with Crippen LogP contribution in [-0.4, -0.2) is 40.3 Å². The lowest BCUT2D eigenvalue weighted by Crippen LogP contribution is -2.42. The molecule has 172 valence electrons. The molecule has 0 aliphatic carbocycles. The summed E-state index contributed by atoms with van der Waals surface area (Å²) in [5, 5.41) is 9.08. The van der Waals surface area contributed by atoms with Gasteiger partial charge in [-0.3, -0.25) is 9.36 Å². The summed E-state index contributed by atoms with van der Waals surface area (Å²) >= 11 is 12.5. The van der Waals surface area contributed by atoms with E-state index in [1.54, 1.807) is 0 Å². The largest absolute Gasteiger partial charge is 0.477 e. The van der Waals surface area contributed by atoms with E-state index < -0.39 is 51.4 Å². The molecule has 1 fully saturated rings. The number of aromatic carboxylic acids is 1. The number of benzene rings is 1. The molecule has 0 amide bonds. The first-order chi connectivity index (χ1) is 15.5. The fourth-order valence-corrected chi connectivity index (χ4v) is 4.06. The van der Waals surface area contributed by atoms with Gasteiger partial charge >= 0.3 is 5.97 Å². The van der Waals surface area contributed by atoms with Crippen LogP contribution in [0.4, 0.5) is 24.7 Å². The third-order valence-corrected chi connectivity index (χ3v) is 5.98. The second-order valence-corrected chi connectivity index (χ2v) is 8.03. The van der Waals surface area contributed by atoms with E-state index in [1.807, 2.05) is 0 Å². The summed E-state index contributed by atoms with van der Waals surface area (Å²) < 4.78 is 44.2. The van der Waals surface area contributed by atoms with Crippen LogP contribution in [0.5, 0.6) is 0 Å². The Morgan fingerprint density at radius 1 is 1.18 bits per heavy atom. The van der Waals surface area contributed by atoms with E-state index in [0.29, 0.717) is 11.1 Å². The zero-order valence-corrected chi connectivity index (χ0v) is 18.0. The monoisotopic (exact) mass is 499 g/mol. The van der Waals surface area contributed by atoms with Crippen LogP contribution in [0.2, 0.25) is 5.02 Å². The summed E-state index contributed by atoms with van der Waals surface area (Å²) in [5.74, 6) is -6.23. The van der Waals surface area contributed by atoms with Gasteiger partial charge in [0.25, 0.3) is 0 Å². The average Bonchev–Trinajstić information content (AvgIpc) is 2.72. The van der Waals surface area contributed by atoms with Crippen LogP contribution >= 0.6 is 23.2 Å². The Hall–Kier alpha value is -3.28. The highest BCUT2D eigenvalue weighted by Gasteiger charge is 2.30. The van der Waals surface area contributed by atoms with Gasteiger partial charge in [-0.05, 0) is 11.6 Å². The maximum Gasteiger partial charge on any atom is 0.341 e. The number of anilines is 2. The Balaban J connectivity index is 2.05. The molecule has 0 unspecified atom stereocenters. The van der Waals surface area contributed by atoms with Crippen molar-refractivity contribution >= 4 is 51.6 Å². The number of carbonyl (C=O) groups is 1. The minimum absolute atomic E-state index is 0.104. The van der Waals surface area contributed by atoms with E-state index in [1.165, 1.54) is 4.90 Å². The van der Waals surface area contributed by atoms with E-state index >= 15 is 4.39 Å². The topological polar surface area (TPSA) is 127 Å². The normalized spacial score (nSPS) is 13.4. The van der Waals surface area contributed by atoms with E-state index in [4.69, 9.17) is 34.7 Å². The molecular weight excluding hydrogens is 486 g/mol. The molecule has 0 spiro atoms. The highest BCUT2D eigenvalue weighted by molar-refractivity contribution is 6.38. The Morgan fingerprint density at radius 2 is 1.85 bits per heavy atom. The molecule has 1 saturated heterocycles. The first-order valence-corrected chi connectivity index (χ1v) is 10.0. The summed E-state index contributed by atoms with van der Waals surface area (Å²) in [6.07, 6.45) is 0.774.